The van der Waals surface area contributed by atoms with Crippen molar-refractivity contribution in [3.63, 3.8) is 0 Å². The van der Waals surface area contributed by atoms with Gasteiger partial charge in [-0.3, -0.25) is 19.7 Å². The molecule has 174 valence electrons. The minimum absolute atomic E-state index is 0.0438. The Kier molecular flexibility index (Phi) is 7.88. The van der Waals surface area contributed by atoms with Crippen LogP contribution < -0.4 is 5.32 Å². The van der Waals surface area contributed by atoms with Gasteiger partial charge in [-0.25, -0.2) is 4.79 Å². The number of benzene rings is 3. The number of hydrogen-bond acceptors (Lipinski definition) is 6. The molecule has 0 heterocycles. The summed E-state index contributed by atoms with van der Waals surface area (Å²) in [6.45, 7) is 1.35. The Balaban J connectivity index is 1.81. The van der Waals surface area contributed by atoms with Crippen LogP contribution in [0, 0.1) is 10.1 Å². The number of rotatable bonds is 7. The zero-order chi connectivity index (χ0) is 25.0. The van der Waals surface area contributed by atoms with E-state index in [1.54, 1.807) is 12.1 Å². The van der Waals surface area contributed by atoms with E-state index in [9.17, 15) is 24.5 Å². The highest BCUT2D eigenvalue weighted by Gasteiger charge is 2.25. The van der Waals surface area contributed by atoms with E-state index in [0.29, 0.717) is 0 Å². The first-order chi connectivity index (χ1) is 16.1. The quantitative estimate of drug-likeness (QED) is 0.177. The average Bonchev–Trinajstić information content (AvgIpc) is 2.81. The van der Waals surface area contributed by atoms with Crippen molar-refractivity contribution in [2.24, 2.45) is 0 Å². The molecule has 1 amide bonds. The van der Waals surface area contributed by atoms with Gasteiger partial charge in [0.15, 0.2) is 11.9 Å². The lowest BCUT2D eigenvalue weighted by Crippen LogP contribution is -2.30. The van der Waals surface area contributed by atoms with Crippen molar-refractivity contribution >= 4 is 63.8 Å². The van der Waals surface area contributed by atoms with Gasteiger partial charge in [0, 0.05) is 17.2 Å². The minimum Gasteiger partial charge on any atom is -0.449 e. The molecule has 3 rings (SSSR count). The number of hydrogen-bond donors (Lipinski definition) is 1. The molecule has 0 unspecified atom stereocenters. The normalized spacial score (nSPS) is 11.4. The molecule has 34 heavy (non-hydrogen) atoms. The number of ketones is 1. The highest BCUT2D eigenvalue weighted by molar-refractivity contribution is 6.44. The molecule has 11 heteroatoms. The number of amides is 1. The summed E-state index contributed by atoms with van der Waals surface area (Å²) in [6.07, 6.45) is -1.25. The third-order valence-electron chi connectivity index (χ3n) is 4.66. The van der Waals surface area contributed by atoms with Gasteiger partial charge >= 0.3 is 5.97 Å². The van der Waals surface area contributed by atoms with E-state index in [-0.39, 0.29) is 37.4 Å². The molecule has 0 saturated heterocycles. The summed E-state index contributed by atoms with van der Waals surface area (Å²) >= 11 is 17.8. The molecule has 0 aliphatic heterocycles. The Labute approximate surface area is 208 Å². The van der Waals surface area contributed by atoms with Gasteiger partial charge in [-0.05, 0) is 37.3 Å². The Morgan fingerprint density at radius 2 is 1.62 bits per heavy atom. The van der Waals surface area contributed by atoms with E-state index < -0.39 is 34.4 Å². The summed E-state index contributed by atoms with van der Waals surface area (Å²) in [4.78, 5) is 48.7. The van der Waals surface area contributed by atoms with Crippen molar-refractivity contribution in [3.8, 4) is 0 Å². The third kappa shape index (κ3) is 5.53. The monoisotopic (exact) mass is 520 g/mol. The largest absolute Gasteiger partial charge is 0.449 e. The Morgan fingerprint density at radius 3 is 2.29 bits per heavy atom. The number of anilines is 1. The molecule has 0 aromatic heterocycles. The molecule has 1 N–H and O–H groups in total. The van der Waals surface area contributed by atoms with Crippen LogP contribution in [0.25, 0.3) is 0 Å². The second kappa shape index (κ2) is 10.6. The van der Waals surface area contributed by atoms with E-state index in [2.05, 4.69) is 5.32 Å². The first-order valence-electron chi connectivity index (χ1n) is 9.63. The van der Waals surface area contributed by atoms with E-state index >= 15 is 0 Å². The molecule has 0 fully saturated rings. The van der Waals surface area contributed by atoms with Crippen LogP contribution in [0.3, 0.4) is 0 Å². The van der Waals surface area contributed by atoms with Gasteiger partial charge in [0.25, 0.3) is 11.6 Å². The van der Waals surface area contributed by atoms with Crippen LogP contribution in [-0.2, 0) is 9.53 Å². The smallest absolute Gasteiger partial charge is 0.339 e. The van der Waals surface area contributed by atoms with Gasteiger partial charge in [0.1, 0.15) is 5.02 Å². The second-order valence-electron chi connectivity index (χ2n) is 6.94. The molecule has 0 saturated carbocycles. The number of carbonyl (C=O) groups is 3. The maximum absolute atomic E-state index is 13.0. The number of ether oxygens (including phenoxy) is 1. The molecule has 0 aliphatic carbocycles. The fraction of sp³-hybridized carbons (Fsp3) is 0.0870. The number of carbonyl (C=O) groups excluding carboxylic acids is 3. The van der Waals surface area contributed by atoms with E-state index in [0.717, 1.165) is 6.07 Å². The van der Waals surface area contributed by atoms with Crippen LogP contribution in [-0.4, -0.2) is 28.7 Å². The first kappa shape index (κ1) is 25.2. The lowest BCUT2D eigenvalue weighted by Gasteiger charge is -2.15. The highest BCUT2D eigenvalue weighted by atomic mass is 35.5. The Morgan fingerprint density at radius 1 is 0.941 bits per heavy atom. The summed E-state index contributed by atoms with van der Waals surface area (Å²) in [5.74, 6) is -2.27. The third-order valence-corrected chi connectivity index (χ3v) is 5.80. The van der Waals surface area contributed by atoms with E-state index in [1.165, 1.54) is 49.4 Å². The summed E-state index contributed by atoms with van der Waals surface area (Å²) in [5, 5.41) is 13.9. The first-order valence-corrected chi connectivity index (χ1v) is 10.8. The number of nitrogens with one attached hydrogen (secondary N) is 1. The van der Waals surface area contributed by atoms with Crippen molar-refractivity contribution < 1.29 is 24.0 Å². The van der Waals surface area contributed by atoms with E-state index in [1.807, 2.05) is 0 Å². The van der Waals surface area contributed by atoms with Crippen LogP contribution in [0.4, 0.5) is 11.4 Å². The van der Waals surface area contributed by atoms with Crippen molar-refractivity contribution in [3.05, 3.63) is 103 Å². The number of nitro benzene ring substituents is 1. The fourth-order valence-corrected chi connectivity index (χ4v) is 3.46. The van der Waals surface area contributed by atoms with Crippen molar-refractivity contribution in [1.29, 1.82) is 0 Å². The molecule has 0 bridgehead atoms. The average molecular weight is 522 g/mol. The number of halogens is 3. The van der Waals surface area contributed by atoms with Gasteiger partial charge < -0.3 is 10.1 Å². The predicted molar refractivity (Wildman–Crippen MR) is 128 cm³/mol. The Hall–Kier alpha value is -3.46. The number of nitro groups is 1. The topological polar surface area (TPSA) is 116 Å². The van der Waals surface area contributed by atoms with Gasteiger partial charge in [-0.2, -0.15) is 0 Å². The van der Waals surface area contributed by atoms with Crippen LogP contribution in [0.1, 0.15) is 33.2 Å². The standard InChI is InChI=1S/C23H15Cl3N2O6/c1-12(22(30)27-18-8-4-7-17(25)20(18)26)34-23(31)15-6-3-2-5-14(15)21(29)13-9-10-16(24)19(11-13)28(32)33/h2-12H,1H3,(H,27,30)/t12-/m1/s1. The lowest BCUT2D eigenvalue weighted by molar-refractivity contribution is -0.384. The zero-order valence-electron chi connectivity index (χ0n) is 17.4. The van der Waals surface area contributed by atoms with Gasteiger partial charge in [-0.15, -0.1) is 0 Å². The molecule has 3 aromatic carbocycles. The van der Waals surface area contributed by atoms with Crippen LogP contribution in [0.2, 0.25) is 15.1 Å². The molecule has 0 spiro atoms. The Bertz CT molecular complexity index is 1310. The fourth-order valence-electron chi connectivity index (χ4n) is 2.92. The molecule has 8 nitrogen and oxygen atoms in total. The molecule has 3 aromatic rings. The predicted octanol–water partition coefficient (Wildman–Crippen LogP) is 5.97. The molecule has 0 aliphatic rings. The minimum atomic E-state index is -1.25. The lowest BCUT2D eigenvalue weighted by atomic mass is 9.98. The number of nitrogens with zero attached hydrogens (tertiary/aromatic N) is 1. The van der Waals surface area contributed by atoms with Gasteiger partial charge in [0.2, 0.25) is 0 Å². The van der Waals surface area contributed by atoms with E-state index in [4.69, 9.17) is 39.5 Å². The summed E-state index contributed by atoms with van der Waals surface area (Å²) < 4.78 is 5.24. The van der Waals surface area contributed by atoms with Crippen molar-refractivity contribution in [2.45, 2.75) is 13.0 Å². The van der Waals surface area contributed by atoms with Crippen LogP contribution >= 0.6 is 34.8 Å². The summed E-state index contributed by atoms with van der Waals surface area (Å²) in [6, 6.07) is 14.0. The van der Waals surface area contributed by atoms with Crippen LogP contribution in [0.15, 0.2) is 60.7 Å². The van der Waals surface area contributed by atoms with Gasteiger partial charge in [-0.1, -0.05) is 59.1 Å². The summed E-state index contributed by atoms with van der Waals surface area (Å²) in [5.41, 5.74) is -0.433. The maximum Gasteiger partial charge on any atom is 0.339 e. The number of esters is 1. The van der Waals surface area contributed by atoms with Crippen molar-refractivity contribution in [1.82, 2.24) is 0 Å². The molecular weight excluding hydrogens is 507 g/mol. The maximum atomic E-state index is 13.0. The zero-order valence-corrected chi connectivity index (χ0v) is 19.6. The second-order valence-corrected chi connectivity index (χ2v) is 8.13. The highest BCUT2D eigenvalue weighted by Crippen LogP contribution is 2.30. The summed E-state index contributed by atoms with van der Waals surface area (Å²) in [7, 11) is 0. The molecule has 1 atom stereocenters. The van der Waals surface area contributed by atoms with Crippen molar-refractivity contribution in [2.75, 3.05) is 5.32 Å². The van der Waals surface area contributed by atoms with Crippen LogP contribution in [0.5, 0.6) is 0 Å². The SMILES string of the molecule is C[C@@H](OC(=O)c1ccccc1C(=O)c1ccc(Cl)c([N+](=O)[O-])c1)C(=O)Nc1cccc(Cl)c1Cl. The molecule has 0 radical (unpaired) electrons. The molecular formula is C23H15Cl3N2O6. The van der Waals surface area contributed by atoms with Gasteiger partial charge in [0.05, 0.1) is 26.2 Å².